The van der Waals surface area contributed by atoms with Crippen molar-refractivity contribution in [3.05, 3.63) is 59.9 Å². The van der Waals surface area contributed by atoms with Crippen LogP contribution in [-0.2, 0) is 6.61 Å². The van der Waals surface area contributed by atoms with Crippen molar-refractivity contribution >= 4 is 0 Å². The Morgan fingerprint density at radius 3 is 2.59 bits per heavy atom. The molecule has 0 aliphatic rings. The molecule has 0 fully saturated rings. The van der Waals surface area contributed by atoms with Crippen molar-refractivity contribution in [1.82, 2.24) is 4.98 Å². The Labute approximate surface area is 101 Å². The Morgan fingerprint density at radius 2 is 1.88 bits per heavy atom. The van der Waals surface area contributed by atoms with Gasteiger partial charge in [-0.05, 0) is 30.7 Å². The highest BCUT2D eigenvalue weighted by atomic mass is 16.5. The lowest BCUT2D eigenvalue weighted by atomic mass is 10.1. The van der Waals surface area contributed by atoms with Crippen molar-refractivity contribution < 1.29 is 9.84 Å². The molecule has 1 atom stereocenters. The standard InChI is InChI=1S/C14H15NO2/c1-11(16)13-4-2-3-5-14(13)17-10-12-6-8-15-9-7-12/h2-9,11,16H,10H2,1H3. The molecule has 3 heteroatoms. The maximum Gasteiger partial charge on any atom is 0.125 e. The molecule has 0 radical (unpaired) electrons. The normalized spacial score (nSPS) is 12.1. The third kappa shape index (κ3) is 3.04. The average Bonchev–Trinajstić information content (AvgIpc) is 2.38. The van der Waals surface area contributed by atoms with E-state index in [9.17, 15) is 5.11 Å². The van der Waals surface area contributed by atoms with Gasteiger partial charge in [-0.1, -0.05) is 18.2 Å². The molecule has 0 aliphatic carbocycles. The zero-order chi connectivity index (χ0) is 12.1. The number of aromatic nitrogens is 1. The number of nitrogens with zero attached hydrogens (tertiary/aromatic N) is 1. The maximum atomic E-state index is 9.61. The van der Waals surface area contributed by atoms with Crippen LogP contribution < -0.4 is 4.74 Å². The predicted molar refractivity (Wildman–Crippen MR) is 65.6 cm³/mol. The number of ether oxygens (including phenoxy) is 1. The topological polar surface area (TPSA) is 42.4 Å². The molecule has 3 nitrogen and oxygen atoms in total. The summed E-state index contributed by atoms with van der Waals surface area (Å²) in [5.74, 6) is 0.722. The van der Waals surface area contributed by atoms with Crippen LogP contribution in [0.3, 0.4) is 0 Å². The highest BCUT2D eigenvalue weighted by molar-refractivity contribution is 5.34. The summed E-state index contributed by atoms with van der Waals surface area (Å²) >= 11 is 0. The third-order valence-corrected chi connectivity index (χ3v) is 2.51. The third-order valence-electron chi connectivity index (χ3n) is 2.51. The number of para-hydroxylation sites is 1. The zero-order valence-corrected chi connectivity index (χ0v) is 9.71. The first-order valence-electron chi connectivity index (χ1n) is 5.56. The molecule has 2 aromatic rings. The van der Waals surface area contributed by atoms with E-state index in [-0.39, 0.29) is 0 Å². The molecule has 88 valence electrons. The summed E-state index contributed by atoms with van der Waals surface area (Å²) in [4.78, 5) is 3.95. The van der Waals surface area contributed by atoms with Crippen LogP contribution in [-0.4, -0.2) is 10.1 Å². The van der Waals surface area contributed by atoms with Crippen LogP contribution in [0, 0.1) is 0 Å². The number of hydrogen-bond donors (Lipinski definition) is 1. The van der Waals surface area contributed by atoms with Gasteiger partial charge in [0, 0.05) is 18.0 Å². The van der Waals surface area contributed by atoms with Crippen molar-refractivity contribution in [3.63, 3.8) is 0 Å². The number of aliphatic hydroxyl groups is 1. The van der Waals surface area contributed by atoms with Gasteiger partial charge >= 0.3 is 0 Å². The van der Waals surface area contributed by atoms with Crippen LogP contribution in [0.2, 0.25) is 0 Å². The zero-order valence-electron chi connectivity index (χ0n) is 9.71. The molecule has 0 aliphatic heterocycles. The van der Waals surface area contributed by atoms with E-state index in [1.807, 2.05) is 36.4 Å². The van der Waals surface area contributed by atoms with Gasteiger partial charge in [0.1, 0.15) is 12.4 Å². The number of benzene rings is 1. The van der Waals surface area contributed by atoms with E-state index in [4.69, 9.17) is 4.74 Å². The van der Waals surface area contributed by atoms with Gasteiger partial charge in [0.25, 0.3) is 0 Å². The molecular weight excluding hydrogens is 214 g/mol. The highest BCUT2D eigenvalue weighted by Gasteiger charge is 2.07. The molecule has 1 unspecified atom stereocenters. The minimum Gasteiger partial charge on any atom is -0.489 e. The summed E-state index contributed by atoms with van der Waals surface area (Å²) < 4.78 is 5.70. The molecule has 0 saturated carbocycles. The fraction of sp³-hybridized carbons (Fsp3) is 0.214. The summed E-state index contributed by atoms with van der Waals surface area (Å²) in [6, 6.07) is 11.3. The summed E-state index contributed by atoms with van der Waals surface area (Å²) in [6.45, 7) is 2.21. The molecule has 1 N–H and O–H groups in total. The van der Waals surface area contributed by atoms with Gasteiger partial charge in [-0.25, -0.2) is 0 Å². The molecule has 0 bridgehead atoms. The molecular formula is C14H15NO2. The molecule has 0 spiro atoms. The summed E-state index contributed by atoms with van der Waals surface area (Å²) in [7, 11) is 0. The molecule has 1 aromatic heterocycles. The van der Waals surface area contributed by atoms with Gasteiger partial charge in [0.2, 0.25) is 0 Å². The van der Waals surface area contributed by atoms with Crippen LogP contribution in [0.4, 0.5) is 0 Å². The fourth-order valence-electron chi connectivity index (χ4n) is 1.60. The summed E-state index contributed by atoms with van der Waals surface area (Å²) in [5.41, 5.74) is 1.86. The monoisotopic (exact) mass is 229 g/mol. The van der Waals surface area contributed by atoms with Gasteiger partial charge in [-0.2, -0.15) is 0 Å². The number of aliphatic hydroxyl groups excluding tert-OH is 1. The van der Waals surface area contributed by atoms with E-state index < -0.39 is 6.10 Å². The van der Waals surface area contributed by atoms with E-state index in [2.05, 4.69) is 4.98 Å². The quantitative estimate of drug-likeness (QED) is 0.876. The smallest absolute Gasteiger partial charge is 0.125 e. The average molecular weight is 229 g/mol. The number of hydrogen-bond acceptors (Lipinski definition) is 3. The van der Waals surface area contributed by atoms with Crippen LogP contribution in [0.25, 0.3) is 0 Å². The van der Waals surface area contributed by atoms with Crippen LogP contribution in [0.5, 0.6) is 5.75 Å². The van der Waals surface area contributed by atoms with Crippen molar-refractivity contribution in [3.8, 4) is 5.75 Å². The molecule has 1 heterocycles. The van der Waals surface area contributed by atoms with Crippen molar-refractivity contribution in [2.45, 2.75) is 19.6 Å². The lowest BCUT2D eigenvalue weighted by Crippen LogP contribution is -2.00. The van der Waals surface area contributed by atoms with E-state index >= 15 is 0 Å². The molecule has 17 heavy (non-hydrogen) atoms. The Hall–Kier alpha value is -1.87. The second-order valence-corrected chi connectivity index (χ2v) is 3.86. The lowest BCUT2D eigenvalue weighted by molar-refractivity contribution is 0.190. The van der Waals surface area contributed by atoms with Gasteiger partial charge in [-0.3, -0.25) is 4.98 Å². The van der Waals surface area contributed by atoms with Crippen LogP contribution in [0.1, 0.15) is 24.2 Å². The second-order valence-electron chi connectivity index (χ2n) is 3.86. The van der Waals surface area contributed by atoms with Gasteiger partial charge < -0.3 is 9.84 Å². The molecule has 0 amide bonds. The predicted octanol–water partition coefficient (Wildman–Crippen LogP) is 2.71. The van der Waals surface area contributed by atoms with Crippen molar-refractivity contribution in [2.75, 3.05) is 0 Å². The first kappa shape index (κ1) is 11.6. The highest BCUT2D eigenvalue weighted by Crippen LogP contribution is 2.25. The SMILES string of the molecule is CC(O)c1ccccc1OCc1ccncc1. The Bertz CT molecular complexity index is 469. The maximum absolute atomic E-state index is 9.61. The Kier molecular flexibility index (Phi) is 3.73. The van der Waals surface area contributed by atoms with E-state index in [0.29, 0.717) is 6.61 Å². The van der Waals surface area contributed by atoms with Crippen molar-refractivity contribution in [1.29, 1.82) is 0 Å². The first-order valence-corrected chi connectivity index (χ1v) is 5.56. The van der Waals surface area contributed by atoms with Crippen LogP contribution >= 0.6 is 0 Å². The van der Waals surface area contributed by atoms with E-state index in [1.54, 1.807) is 19.3 Å². The molecule has 2 rings (SSSR count). The Balaban J connectivity index is 2.09. The van der Waals surface area contributed by atoms with E-state index in [1.165, 1.54) is 0 Å². The van der Waals surface area contributed by atoms with Gasteiger partial charge in [-0.15, -0.1) is 0 Å². The fourth-order valence-corrected chi connectivity index (χ4v) is 1.60. The largest absolute Gasteiger partial charge is 0.489 e. The minimum absolute atomic E-state index is 0.478. The van der Waals surface area contributed by atoms with Gasteiger partial charge in [0.05, 0.1) is 6.10 Å². The Morgan fingerprint density at radius 1 is 1.18 bits per heavy atom. The molecule has 0 saturated heterocycles. The number of rotatable bonds is 4. The first-order chi connectivity index (χ1) is 8.27. The number of pyridine rings is 1. The lowest BCUT2D eigenvalue weighted by Gasteiger charge is -2.13. The summed E-state index contributed by atoms with van der Waals surface area (Å²) in [5, 5.41) is 9.61. The second kappa shape index (κ2) is 5.46. The van der Waals surface area contributed by atoms with Gasteiger partial charge in [0.15, 0.2) is 0 Å². The molecule has 1 aromatic carbocycles. The minimum atomic E-state index is -0.524. The van der Waals surface area contributed by atoms with E-state index in [0.717, 1.165) is 16.9 Å². The van der Waals surface area contributed by atoms with Crippen LogP contribution in [0.15, 0.2) is 48.8 Å². The summed E-state index contributed by atoms with van der Waals surface area (Å²) in [6.07, 6.45) is 2.95. The van der Waals surface area contributed by atoms with Crippen molar-refractivity contribution in [2.24, 2.45) is 0 Å².